The Kier molecular flexibility index (Phi) is 6.94. The summed E-state index contributed by atoms with van der Waals surface area (Å²) in [6.45, 7) is 3.18. The molecule has 1 aromatic carbocycles. The van der Waals surface area contributed by atoms with Gasteiger partial charge in [-0.2, -0.15) is 0 Å². The molecule has 1 atom stereocenters. The Morgan fingerprint density at radius 3 is 2.43 bits per heavy atom. The number of carbonyl (C=O) groups is 3. The molecule has 1 rings (SSSR count). The van der Waals surface area contributed by atoms with Gasteiger partial charge in [-0.25, -0.2) is 4.79 Å². The van der Waals surface area contributed by atoms with Crippen molar-refractivity contribution < 1.29 is 23.9 Å². The Labute approximate surface area is 123 Å². The number of amides is 2. The fourth-order valence-corrected chi connectivity index (χ4v) is 1.67. The molecule has 0 aliphatic rings. The van der Waals surface area contributed by atoms with Crippen LogP contribution in [-0.2, 0) is 19.1 Å². The van der Waals surface area contributed by atoms with Crippen molar-refractivity contribution in [1.82, 2.24) is 5.32 Å². The first-order valence-corrected chi connectivity index (χ1v) is 6.70. The Balaban J connectivity index is 2.31. The monoisotopic (exact) mass is 293 g/mol. The maximum absolute atomic E-state index is 11.6. The molecular weight excluding hydrogens is 274 g/mol. The van der Waals surface area contributed by atoms with Crippen LogP contribution in [0.2, 0.25) is 0 Å². The molecule has 0 fully saturated rings. The van der Waals surface area contributed by atoms with E-state index in [1.807, 2.05) is 42.6 Å². The molecule has 0 aliphatic carbocycles. The van der Waals surface area contributed by atoms with E-state index in [1.165, 1.54) is 0 Å². The second-order valence-electron chi connectivity index (χ2n) is 4.45. The van der Waals surface area contributed by atoms with Crippen molar-refractivity contribution in [1.29, 1.82) is 0 Å². The lowest BCUT2D eigenvalue weighted by molar-refractivity contribution is -0.148. The van der Waals surface area contributed by atoms with Crippen LogP contribution in [-0.4, -0.2) is 31.2 Å². The van der Waals surface area contributed by atoms with Gasteiger partial charge in [0.05, 0.1) is 13.0 Å². The van der Waals surface area contributed by atoms with Gasteiger partial charge in [0.15, 0.2) is 6.61 Å². The minimum absolute atomic E-state index is 0.00758. The quantitative estimate of drug-likeness (QED) is 0.811. The lowest BCUT2D eigenvalue weighted by atomic mass is 9.98. The van der Waals surface area contributed by atoms with Crippen molar-refractivity contribution in [3.63, 3.8) is 0 Å². The first-order valence-electron chi connectivity index (χ1n) is 6.70. The zero-order chi connectivity index (χ0) is 15.7. The third kappa shape index (κ3) is 6.56. The molecule has 2 amide bonds. The van der Waals surface area contributed by atoms with E-state index in [-0.39, 0.29) is 18.9 Å². The van der Waals surface area contributed by atoms with Gasteiger partial charge < -0.3 is 9.47 Å². The third-order valence-corrected chi connectivity index (χ3v) is 2.72. The maximum Gasteiger partial charge on any atom is 0.413 e. The molecule has 6 nitrogen and oxygen atoms in total. The lowest BCUT2D eigenvalue weighted by Crippen LogP contribution is -2.34. The summed E-state index contributed by atoms with van der Waals surface area (Å²) in [5.74, 6) is -1.22. The van der Waals surface area contributed by atoms with E-state index in [0.29, 0.717) is 0 Å². The second kappa shape index (κ2) is 8.73. The third-order valence-electron chi connectivity index (χ3n) is 2.72. The summed E-state index contributed by atoms with van der Waals surface area (Å²) in [6, 6.07) is 9.53. The molecular formula is C15H19NO5. The number of imide groups is 1. The number of alkyl carbamates (subject to hydrolysis) is 1. The molecule has 0 aliphatic heterocycles. The van der Waals surface area contributed by atoms with Gasteiger partial charge in [-0.1, -0.05) is 37.3 Å². The molecule has 1 unspecified atom stereocenters. The molecule has 0 radical (unpaired) electrons. The van der Waals surface area contributed by atoms with Gasteiger partial charge in [-0.3, -0.25) is 14.9 Å². The number of ether oxygens (including phenoxy) is 2. The number of benzene rings is 1. The number of carbonyl (C=O) groups excluding carboxylic acids is 3. The Hall–Kier alpha value is -2.37. The Morgan fingerprint density at radius 1 is 1.14 bits per heavy atom. The van der Waals surface area contributed by atoms with E-state index >= 15 is 0 Å². The number of hydrogen-bond donors (Lipinski definition) is 1. The SMILES string of the molecule is CCOC(=O)NC(=O)COC(=O)CC(C)c1ccccc1. The molecule has 0 bridgehead atoms. The number of rotatable bonds is 6. The van der Waals surface area contributed by atoms with E-state index in [0.717, 1.165) is 5.56 Å². The van der Waals surface area contributed by atoms with E-state index < -0.39 is 24.6 Å². The van der Waals surface area contributed by atoms with E-state index in [9.17, 15) is 14.4 Å². The van der Waals surface area contributed by atoms with Gasteiger partial charge in [0.25, 0.3) is 5.91 Å². The summed E-state index contributed by atoms with van der Waals surface area (Å²) < 4.78 is 9.35. The van der Waals surface area contributed by atoms with Crippen molar-refractivity contribution in [2.75, 3.05) is 13.2 Å². The van der Waals surface area contributed by atoms with Gasteiger partial charge >= 0.3 is 12.1 Å². The highest BCUT2D eigenvalue weighted by molar-refractivity contribution is 5.93. The van der Waals surface area contributed by atoms with Crippen LogP contribution in [0.4, 0.5) is 4.79 Å². The topological polar surface area (TPSA) is 81.7 Å². The van der Waals surface area contributed by atoms with Crippen LogP contribution in [0.3, 0.4) is 0 Å². The largest absolute Gasteiger partial charge is 0.456 e. The first-order chi connectivity index (χ1) is 10.0. The van der Waals surface area contributed by atoms with Crippen LogP contribution in [0.25, 0.3) is 0 Å². The highest BCUT2D eigenvalue weighted by Gasteiger charge is 2.15. The molecule has 21 heavy (non-hydrogen) atoms. The highest BCUT2D eigenvalue weighted by atomic mass is 16.6. The summed E-state index contributed by atoms with van der Waals surface area (Å²) in [5.41, 5.74) is 1.02. The van der Waals surface area contributed by atoms with Crippen LogP contribution in [0.1, 0.15) is 31.7 Å². The number of hydrogen-bond acceptors (Lipinski definition) is 5. The van der Waals surface area contributed by atoms with E-state index in [4.69, 9.17) is 4.74 Å². The average molecular weight is 293 g/mol. The fraction of sp³-hybridized carbons (Fsp3) is 0.400. The second-order valence-corrected chi connectivity index (χ2v) is 4.45. The van der Waals surface area contributed by atoms with Gasteiger partial charge in [0.1, 0.15) is 0 Å². The molecule has 114 valence electrons. The van der Waals surface area contributed by atoms with Crippen LogP contribution >= 0.6 is 0 Å². The molecule has 0 saturated carbocycles. The summed E-state index contributed by atoms with van der Waals surface area (Å²) in [4.78, 5) is 33.9. The van der Waals surface area contributed by atoms with Crippen molar-refractivity contribution in [2.24, 2.45) is 0 Å². The predicted molar refractivity (Wildman–Crippen MR) is 75.6 cm³/mol. The van der Waals surface area contributed by atoms with E-state index in [1.54, 1.807) is 6.92 Å². The van der Waals surface area contributed by atoms with Crippen molar-refractivity contribution in [3.8, 4) is 0 Å². The van der Waals surface area contributed by atoms with Gasteiger partial charge in [0, 0.05) is 0 Å². The van der Waals surface area contributed by atoms with Gasteiger partial charge in [0.2, 0.25) is 0 Å². The van der Waals surface area contributed by atoms with E-state index in [2.05, 4.69) is 4.74 Å². The molecule has 0 aromatic heterocycles. The number of nitrogens with one attached hydrogen (secondary N) is 1. The van der Waals surface area contributed by atoms with Crippen LogP contribution < -0.4 is 5.32 Å². The lowest BCUT2D eigenvalue weighted by Gasteiger charge is -2.11. The van der Waals surface area contributed by atoms with Crippen LogP contribution in [0.5, 0.6) is 0 Å². The van der Waals surface area contributed by atoms with Crippen molar-refractivity contribution in [3.05, 3.63) is 35.9 Å². The minimum Gasteiger partial charge on any atom is -0.456 e. The Morgan fingerprint density at radius 2 is 1.81 bits per heavy atom. The normalized spacial score (nSPS) is 11.3. The number of esters is 1. The zero-order valence-corrected chi connectivity index (χ0v) is 12.1. The smallest absolute Gasteiger partial charge is 0.413 e. The molecule has 0 heterocycles. The molecule has 0 saturated heterocycles. The Bertz CT molecular complexity index is 486. The maximum atomic E-state index is 11.6. The average Bonchev–Trinajstić information content (AvgIpc) is 2.46. The highest BCUT2D eigenvalue weighted by Crippen LogP contribution is 2.18. The fourth-order valence-electron chi connectivity index (χ4n) is 1.67. The molecule has 1 aromatic rings. The van der Waals surface area contributed by atoms with Crippen molar-refractivity contribution >= 4 is 18.0 Å². The standard InChI is InChI=1S/C15H19NO5/c1-3-20-15(19)16-13(17)10-21-14(18)9-11(2)12-7-5-4-6-8-12/h4-8,11H,3,9-10H2,1-2H3,(H,16,17,19). The summed E-state index contributed by atoms with van der Waals surface area (Å²) in [6.07, 6.45) is -0.687. The van der Waals surface area contributed by atoms with Gasteiger partial charge in [-0.05, 0) is 18.4 Å². The van der Waals surface area contributed by atoms with Crippen LogP contribution in [0.15, 0.2) is 30.3 Å². The zero-order valence-electron chi connectivity index (χ0n) is 12.1. The summed E-state index contributed by atoms with van der Waals surface area (Å²) in [5, 5.41) is 1.94. The summed E-state index contributed by atoms with van der Waals surface area (Å²) in [7, 11) is 0. The predicted octanol–water partition coefficient (Wildman–Crippen LogP) is 2.00. The minimum atomic E-state index is -0.851. The first kappa shape index (κ1) is 16.7. The van der Waals surface area contributed by atoms with Gasteiger partial charge in [-0.15, -0.1) is 0 Å². The molecule has 6 heteroatoms. The van der Waals surface area contributed by atoms with Crippen molar-refractivity contribution in [2.45, 2.75) is 26.2 Å². The van der Waals surface area contributed by atoms with Crippen LogP contribution in [0, 0.1) is 0 Å². The molecule has 1 N–H and O–H groups in total. The molecule has 0 spiro atoms. The summed E-state index contributed by atoms with van der Waals surface area (Å²) >= 11 is 0.